The second kappa shape index (κ2) is 7.26. The molecule has 6 nitrogen and oxygen atoms in total. The van der Waals surface area contributed by atoms with E-state index in [0.29, 0.717) is 32.7 Å². The highest BCUT2D eigenvalue weighted by Crippen LogP contribution is 2.10. The number of hydrogen-bond acceptors (Lipinski definition) is 3. The number of aliphatic carboxylic acids is 1. The fourth-order valence-electron chi connectivity index (χ4n) is 2.62. The number of amides is 2. The first-order valence-corrected chi connectivity index (χ1v) is 7.50. The van der Waals surface area contributed by atoms with Crippen molar-refractivity contribution < 1.29 is 14.7 Å². The van der Waals surface area contributed by atoms with Gasteiger partial charge >= 0.3 is 12.0 Å². The quantitative estimate of drug-likeness (QED) is 0.911. The van der Waals surface area contributed by atoms with E-state index in [1.807, 2.05) is 35.2 Å². The predicted octanol–water partition coefficient (Wildman–Crippen LogP) is 1.33. The second-order valence-corrected chi connectivity index (χ2v) is 5.66. The van der Waals surface area contributed by atoms with E-state index in [-0.39, 0.29) is 6.03 Å². The highest BCUT2D eigenvalue weighted by molar-refractivity contribution is 5.75. The Balaban J connectivity index is 1.85. The molecule has 1 heterocycles. The van der Waals surface area contributed by atoms with E-state index in [9.17, 15) is 9.59 Å². The Morgan fingerprint density at radius 2 is 1.77 bits per heavy atom. The zero-order valence-corrected chi connectivity index (χ0v) is 13.1. The van der Waals surface area contributed by atoms with Crippen molar-refractivity contribution >= 4 is 12.0 Å². The molecule has 1 saturated heterocycles. The zero-order valence-electron chi connectivity index (χ0n) is 13.1. The smallest absolute Gasteiger partial charge is 0.320 e. The van der Waals surface area contributed by atoms with E-state index >= 15 is 0 Å². The minimum Gasteiger partial charge on any atom is -0.480 e. The fraction of sp³-hybridized carbons (Fsp3) is 0.500. The van der Waals surface area contributed by atoms with Gasteiger partial charge in [-0.3, -0.25) is 9.69 Å². The minimum absolute atomic E-state index is 0.00789. The van der Waals surface area contributed by atoms with Crippen molar-refractivity contribution in [3.63, 3.8) is 0 Å². The number of rotatable bonds is 4. The maximum Gasteiger partial charge on any atom is 0.320 e. The van der Waals surface area contributed by atoms with E-state index < -0.39 is 12.0 Å². The summed E-state index contributed by atoms with van der Waals surface area (Å²) in [6.45, 7) is 4.58. The Hall–Kier alpha value is -2.08. The molecule has 0 bridgehead atoms. The zero-order chi connectivity index (χ0) is 16.1. The summed E-state index contributed by atoms with van der Waals surface area (Å²) in [5.41, 5.74) is 1.09. The molecule has 2 amide bonds. The van der Waals surface area contributed by atoms with Crippen LogP contribution in [0, 0.1) is 0 Å². The lowest BCUT2D eigenvalue weighted by Gasteiger charge is -2.38. The number of carbonyl (C=O) groups excluding carboxylic acids is 1. The molecule has 1 fully saturated rings. The van der Waals surface area contributed by atoms with E-state index in [0.717, 1.165) is 5.56 Å². The number of nitrogens with zero attached hydrogens (tertiary/aromatic N) is 3. The molecule has 0 aliphatic carbocycles. The monoisotopic (exact) mass is 305 g/mol. The second-order valence-electron chi connectivity index (χ2n) is 5.66. The molecule has 0 aromatic heterocycles. The average Bonchev–Trinajstić information content (AvgIpc) is 2.54. The van der Waals surface area contributed by atoms with Crippen LogP contribution in [0.2, 0.25) is 0 Å². The molecule has 1 aromatic rings. The molecule has 1 N–H and O–H groups in total. The first-order valence-electron chi connectivity index (χ1n) is 7.50. The Kier molecular flexibility index (Phi) is 5.38. The first-order chi connectivity index (χ1) is 10.5. The van der Waals surface area contributed by atoms with Gasteiger partial charge in [0.25, 0.3) is 0 Å². The van der Waals surface area contributed by atoms with Gasteiger partial charge in [-0.1, -0.05) is 30.3 Å². The molecular formula is C16H23N3O3. The van der Waals surface area contributed by atoms with E-state index in [1.54, 1.807) is 23.8 Å². The summed E-state index contributed by atoms with van der Waals surface area (Å²) >= 11 is 0. The van der Waals surface area contributed by atoms with Crippen LogP contribution in [0.15, 0.2) is 30.3 Å². The van der Waals surface area contributed by atoms with Crippen molar-refractivity contribution in [2.75, 3.05) is 33.2 Å². The molecule has 120 valence electrons. The Labute approximate surface area is 130 Å². The van der Waals surface area contributed by atoms with Crippen LogP contribution in [0.4, 0.5) is 4.79 Å². The van der Waals surface area contributed by atoms with Gasteiger partial charge in [-0.05, 0) is 12.5 Å². The number of carboxylic acids is 1. The summed E-state index contributed by atoms with van der Waals surface area (Å²) in [6.07, 6.45) is 0. The van der Waals surface area contributed by atoms with Gasteiger partial charge in [-0.25, -0.2) is 4.79 Å². The summed E-state index contributed by atoms with van der Waals surface area (Å²) < 4.78 is 0. The van der Waals surface area contributed by atoms with Crippen molar-refractivity contribution in [1.29, 1.82) is 0 Å². The largest absolute Gasteiger partial charge is 0.480 e. The van der Waals surface area contributed by atoms with Crippen LogP contribution in [-0.4, -0.2) is 71.1 Å². The van der Waals surface area contributed by atoms with Gasteiger partial charge in [-0.2, -0.15) is 0 Å². The van der Waals surface area contributed by atoms with Crippen LogP contribution in [0.25, 0.3) is 0 Å². The Morgan fingerprint density at radius 1 is 1.18 bits per heavy atom. The van der Waals surface area contributed by atoms with Gasteiger partial charge < -0.3 is 14.9 Å². The molecular weight excluding hydrogens is 282 g/mol. The van der Waals surface area contributed by atoms with Crippen molar-refractivity contribution in [2.45, 2.75) is 19.5 Å². The molecule has 22 heavy (non-hydrogen) atoms. The molecule has 0 saturated carbocycles. The number of piperazine rings is 1. The number of carbonyl (C=O) groups is 2. The molecule has 0 radical (unpaired) electrons. The third kappa shape index (κ3) is 3.98. The maximum atomic E-state index is 12.4. The molecule has 0 spiro atoms. The van der Waals surface area contributed by atoms with Crippen LogP contribution < -0.4 is 0 Å². The summed E-state index contributed by atoms with van der Waals surface area (Å²) in [4.78, 5) is 28.8. The van der Waals surface area contributed by atoms with E-state index in [4.69, 9.17) is 5.11 Å². The van der Waals surface area contributed by atoms with Crippen LogP contribution in [-0.2, 0) is 11.3 Å². The summed E-state index contributed by atoms with van der Waals surface area (Å²) in [5.74, 6) is -0.819. The van der Waals surface area contributed by atoms with E-state index in [2.05, 4.69) is 0 Å². The van der Waals surface area contributed by atoms with Crippen molar-refractivity contribution in [1.82, 2.24) is 14.7 Å². The van der Waals surface area contributed by atoms with Crippen molar-refractivity contribution in [3.05, 3.63) is 35.9 Å². The lowest BCUT2D eigenvalue weighted by Crippen LogP contribution is -2.55. The van der Waals surface area contributed by atoms with Gasteiger partial charge in [0.2, 0.25) is 0 Å². The number of carboxylic acid groups (broad SMARTS) is 1. The van der Waals surface area contributed by atoms with Gasteiger partial charge in [-0.15, -0.1) is 0 Å². The molecule has 1 unspecified atom stereocenters. The number of hydrogen-bond donors (Lipinski definition) is 1. The summed E-state index contributed by atoms with van der Waals surface area (Å²) in [7, 11) is 1.79. The molecule has 1 aliphatic heterocycles. The van der Waals surface area contributed by atoms with Gasteiger partial charge in [0.1, 0.15) is 6.04 Å². The molecule has 2 rings (SSSR count). The normalized spacial score (nSPS) is 17.1. The first kappa shape index (κ1) is 16.3. The summed E-state index contributed by atoms with van der Waals surface area (Å²) in [6, 6.07) is 9.35. The lowest BCUT2D eigenvalue weighted by molar-refractivity contribution is -0.143. The topological polar surface area (TPSA) is 64.1 Å². The predicted molar refractivity (Wildman–Crippen MR) is 83.5 cm³/mol. The van der Waals surface area contributed by atoms with Crippen LogP contribution in [0.3, 0.4) is 0 Å². The van der Waals surface area contributed by atoms with Gasteiger partial charge in [0, 0.05) is 39.8 Å². The van der Waals surface area contributed by atoms with Crippen LogP contribution >= 0.6 is 0 Å². The fourth-order valence-corrected chi connectivity index (χ4v) is 2.62. The summed E-state index contributed by atoms with van der Waals surface area (Å²) in [5, 5.41) is 9.03. The third-order valence-corrected chi connectivity index (χ3v) is 4.08. The van der Waals surface area contributed by atoms with Gasteiger partial charge in [0.15, 0.2) is 0 Å². The van der Waals surface area contributed by atoms with Crippen LogP contribution in [0.1, 0.15) is 12.5 Å². The Morgan fingerprint density at radius 3 is 2.32 bits per heavy atom. The standard InChI is InChI=1S/C16H23N3O3/c1-13(15(20)21)18-8-10-19(11-9-18)16(22)17(2)12-14-6-4-3-5-7-14/h3-7,13H,8-12H2,1-2H3,(H,20,21). The van der Waals surface area contributed by atoms with Crippen molar-refractivity contribution in [3.8, 4) is 0 Å². The van der Waals surface area contributed by atoms with Crippen molar-refractivity contribution in [2.24, 2.45) is 0 Å². The third-order valence-electron chi connectivity index (χ3n) is 4.08. The Bertz CT molecular complexity index is 513. The van der Waals surface area contributed by atoms with Crippen LogP contribution in [0.5, 0.6) is 0 Å². The molecule has 1 atom stereocenters. The molecule has 1 aliphatic rings. The number of urea groups is 1. The highest BCUT2D eigenvalue weighted by atomic mass is 16.4. The molecule has 6 heteroatoms. The SMILES string of the molecule is CC(C(=O)O)N1CCN(C(=O)N(C)Cc2ccccc2)CC1. The van der Waals surface area contributed by atoms with Gasteiger partial charge in [0.05, 0.1) is 0 Å². The van der Waals surface area contributed by atoms with E-state index in [1.165, 1.54) is 0 Å². The maximum absolute atomic E-state index is 12.4. The number of benzene rings is 1. The molecule has 1 aromatic carbocycles. The minimum atomic E-state index is -0.819. The lowest BCUT2D eigenvalue weighted by atomic mass is 10.2. The average molecular weight is 305 g/mol. The highest BCUT2D eigenvalue weighted by Gasteiger charge is 2.28.